The molecule has 2 N–H and O–H groups in total. The number of aromatic nitrogens is 2. The zero-order valence-electron chi connectivity index (χ0n) is 11.4. The first-order valence-corrected chi connectivity index (χ1v) is 6.58. The molecule has 0 bridgehead atoms. The van der Waals surface area contributed by atoms with E-state index in [2.05, 4.69) is 14.9 Å². The highest BCUT2D eigenvalue weighted by Gasteiger charge is 2.51. The summed E-state index contributed by atoms with van der Waals surface area (Å²) in [7, 11) is 1.71. The first kappa shape index (κ1) is 13.3. The van der Waals surface area contributed by atoms with Gasteiger partial charge in [-0.25, -0.2) is 4.98 Å². The number of nitrogens with two attached hydrogens (primary N) is 1. The van der Waals surface area contributed by atoms with Gasteiger partial charge in [0, 0.05) is 31.5 Å². The number of primary amides is 1. The minimum Gasteiger partial charge on any atom is -0.384 e. The largest absolute Gasteiger partial charge is 0.384 e. The van der Waals surface area contributed by atoms with E-state index in [9.17, 15) is 4.79 Å². The molecule has 2 atom stereocenters. The zero-order chi connectivity index (χ0) is 14.2. The summed E-state index contributed by atoms with van der Waals surface area (Å²) in [5, 5.41) is 0. The summed E-state index contributed by atoms with van der Waals surface area (Å²) in [4.78, 5) is 21.6. The van der Waals surface area contributed by atoms with Crippen LogP contribution in [0.3, 0.4) is 0 Å². The number of anilines is 1. The Morgan fingerprint density at radius 2 is 2.50 bits per heavy atom. The predicted octanol–water partition coefficient (Wildman–Crippen LogP) is -0.325. The van der Waals surface area contributed by atoms with E-state index >= 15 is 0 Å². The molecule has 2 saturated heterocycles. The fourth-order valence-electron chi connectivity index (χ4n) is 3.12. The molecular formula is C13H18N4O3. The van der Waals surface area contributed by atoms with Gasteiger partial charge < -0.3 is 20.1 Å². The maximum Gasteiger partial charge on any atom is 0.268 e. The van der Waals surface area contributed by atoms with Crippen LogP contribution < -0.4 is 10.6 Å². The third kappa shape index (κ3) is 2.12. The molecule has 108 valence electrons. The quantitative estimate of drug-likeness (QED) is 0.811. The number of carbonyl (C=O) groups excluding carboxylic acids is 1. The van der Waals surface area contributed by atoms with Gasteiger partial charge in [-0.3, -0.25) is 9.78 Å². The molecule has 0 aromatic carbocycles. The molecule has 0 radical (unpaired) electrons. The van der Waals surface area contributed by atoms with Crippen molar-refractivity contribution < 1.29 is 14.3 Å². The van der Waals surface area contributed by atoms with Gasteiger partial charge in [-0.1, -0.05) is 0 Å². The second kappa shape index (κ2) is 4.99. The van der Waals surface area contributed by atoms with Crippen LogP contribution in [0, 0.1) is 11.3 Å². The van der Waals surface area contributed by atoms with Crippen molar-refractivity contribution in [1.29, 1.82) is 0 Å². The maximum atomic E-state index is 11.2. The molecule has 7 nitrogen and oxygen atoms in total. The van der Waals surface area contributed by atoms with Gasteiger partial charge in [0.1, 0.15) is 11.5 Å². The van der Waals surface area contributed by atoms with Gasteiger partial charge in [0.15, 0.2) is 0 Å². The first-order chi connectivity index (χ1) is 9.64. The predicted molar refractivity (Wildman–Crippen MR) is 71.4 cm³/mol. The number of ether oxygens (including phenoxy) is 2. The van der Waals surface area contributed by atoms with E-state index in [0.717, 1.165) is 19.7 Å². The van der Waals surface area contributed by atoms with Crippen molar-refractivity contribution in [3.05, 3.63) is 18.1 Å². The number of nitrogens with zero attached hydrogens (tertiary/aromatic N) is 3. The third-order valence-corrected chi connectivity index (χ3v) is 4.15. The average Bonchev–Trinajstić information content (AvgIpc) is 2.96. The lowest BCUT2D eigenvalue weighted by atomic mass is 9.82. The van der Waals surface area contributed by atoms with Crippen LogP contribution in [0.5, 0.6) is 0 Å². The smallest absolute Gasteiger partial charge is 0.268 e. The molecule has 2 aliphatic heterocycles. The Labute approximate surface area is 117 Å². The van der Waals surface area contributed by atoms with Gasteiger partial charge >= 0.3 is 0 Å². The molecule has 2 fully saturated rings. The minimum absolute atomic E-state index is 0.0131. The Kier molecular flexibility index (Phi) is 3.31. The highest BCUT2D eigenvalue weighted by molar-refractivity contribution is 5.90. The summed E-state index contributed by atoms with van der Waals surface area (Å²) < 4.78 is 11.0. The SMILES string of the molecule is COC[C@@]12COC[C@@H]1CN(c1cncc(C(N)=O)n1)C2. The van der Waals surface area contributed by atoms with Gasteiger partial charge in [0.05, 0.1) is 32.2 Å². The highest BCUT2D eigenvalue weighted by atomic mass is 16.5. The molecule has 0 unspecified atom stereocenters. The van der Waals surface area contributed by atoms with Crippen LogP contribution in [0.15, 0.2) is 12.4 Å². The minimum atomic E-state index is -0.561. The van der Waals surface area contributed by atoms with E-state index in [4.69, 9.17) is 15.2 Å². The van der Waals surface area contributed by atoms with E-state index in [1.54, 1.807) is 13.3 Å². The lowest BCUT2D eigenvalue weighted by Crippen LogP contribution is -2.35. The molecule has 1 aromatic heterocycles. The number of hydrogen-bond donors (Lipinski definition) is 1. The van der Waals surface area contributed by atoms with Crippen LogP contribution in [-0.2, 0) is 9.47 Å². The van der Waals surface area contributed by atoms with Crippen molar-refractivity contribution in [2.45, 2.75) is 0 Å². The van der Waals surface area contributed by atoms with Crippen molar-refractivity contribution in [3.63, 3.8) is 0 Å². The van der Waals surface area contributed by atoms with Crippen LogP contribution >= 0.6 is 0 Å². The molecule has 3 heterocycles. The Morgan fingerprint density at radius 1 is 1.65 bits per heavy atom. The Morgan fingerprint density at radius 3 is 3.25 bits per heavy atom. The van der Waals surface area contributed by atoms with E-state index in [-0.39, 0.29) is 11.1 Å². The van der Waals surface area contributed by atoms with Crippen molar-refractivity contribution >= 4 is 11.7 Å². The number of methoxy groups -OCH3 is 1. The van der Waals surface area contributed by atoms with E-state index < -0.39 is 5.91 Å². The lowest BCUT2D eigenvalue weighted by molar-refractivity contribution is 0.0660. The molecule has 0 aliphatic carbocycles. The topological polar surface area (TPSA) is 90.6 Å². The molecule has 7 heteroatoms. The number of carbonyl (C=O) groups is 1. The molecule has 2 aliphatic rings. The highest BCUT2D eigenvalue weighted by Crippen LogP contribution is 2.42. The number of amides is 1. The van der Waals surface area contributed by atoms with Crippen molar-refractivity contribution in [1.82, 2.24) is 9.97 Å². The molecular weight excluding hydrogens is 260 g/mol. The second-order valence-corrected chi connectivity index (χ2v) is 5.51. The zero-order valence-corrected chi connectivity index (χ0v) is 11.4. The summed E-state index contributed by atoms with van der Waals surface area (Å²) in [6, 6.07) is 0. The van der Waals surface area contributed by atoms with Crippen molar-refractivity contribution in [2.24, 2.45) is 17.1 Å². The third-order valence-electron chi connectivity index (χ3n) is 4.15. The van der Waals surface area contributed by atoms with E-state index in [1.807, 2.05) is 0 Å². The van der Waals surface area contributed by atoms with Crippen LogP contribution in [0.4, 0.5) is 5.82 Å². The van der Waals surface area contributed by atoms with Gasteiger partial charge in [0.2, 0.25) is 0 Å². The molecule has 3 rings (SSSR count). The standard InChI is InChI=1S/C13H18N4O3/c1-19-7-13-6-17(4-9(13)5-20-8-13)11-3-15-2-10(16-11)12(14)18/h2-3,9H,4-8H2,1H3,(H2,14,18)/t9-,13-/m0/s1. The van der Waals surface area contributed by atoms with Gasteiger partial charge in [-0.15, -0.1) is 0 Å². The summed E-state index contributed by atoms with van der Waals surface area (Å²) in [6.45, 7) is 3.73. The van der Waals surface area contributed by atoms with Crippen molar-refractivity contribution in [3.8, 4) is 0 Å². The Hall–Kier alpha value is -1.73. The summed E-state index contributed by atoms with van der Waals surface area (Å²) in [6.07, 6.45) is 3.05. The Balaban J connectivity index is 1.83. The lowest BCUT2D eigenvalue weighted by Gasteiger charge is -2.26. The molecule has 1 aromatic rings. The van der Waals surface area contributed by atoms with Crippen LogP contribution in [0.2, 0.25) is 0 Å². The van der Waals surface area contributed by atoms with Gasteiger partial charge in [-0.2, -0.15) is 0 Å². The fourth-order valence-corrected chi connectivity index (χ4v) is 3.12. The molecule has 20 heavy (non-hydrogen) atoms. The van der Waals surface area contributed by atoms with Crippen LogP contribution in [0.25, 0.3) is 0 Å². The monoisotopic (exact) mass is 278 g/mol. The van der Waals surface area contributed by atoms with Crippen LogP contribution in [-0.4, -0.2) is 55.9 Å². The van der Waals surface area contributed by atoms with E-state index in [1.165, 1.54) is 6.20 Å². The maximum absolute atomic E-state index is 11.2. The summed E-state index contributed by atoms with van der Waals surface area (Å²) in [5.74, 6) is 0.543. The van der Waals surface area contributed by atoms with Gasteiger partial charge in [0.25, 0.3) is 5.91 Å². The number of fused-ring (bicyclic) bond motifs is 1. The average molecular weight is 278 g/mol. The number of rotatable bonds is 4. The first-order valence-electron chi connectivity index (χ1n) is 6.58. The fraction of sp³-hybridized carbons (Fsp3) is 0.615. The normalized spacial score (nSPS) is 28.6. The Bertz CT molecular complexity index is 524. The molecule has 1 amide bonds. The summed E-state index contributed by atoms with van der Waals surface area (Å²) >= 11 is 0. The molecule has 0 spiro atoms. The van der Waals surface area contributed by atoms with E-state index in [0.29, 0.717) is 24.9 Å². The number of hydrogen-bond acceptors (Lipinski definition) is 6. The summed E-state index contributed by atoms with van der Waals surface area (Å²) in [5.41, 5.74) is 5.45. The van der Waals surface area contributed by atoms with Crippen molar-refractivity contribution in [2.75, 3.05) is 44.9 Å². The molecule has 0 saturated carbocycles. The van der Waals surface area contributed by atoms with Gasteiger partial charge in [-0.05, 0) is 0 Å². The van der Waals surface area contributed by atoms with Crippen LogP contribution in [0.1, 0.15) is 10.5 Å². The second-order valence-electron chi connectivity index (χ2n) is 5.51.